The maximum absolute atomic E-state index is 13.5. The topological polar surface area (TPSA) is 144 Å². The van der Waals surface area contributed by atoms with E-state index in [1.807, 2.05) is 19.1 Å². The largest absolute Gasteiger partial charge is 0.618 e. The summed E-state index contributed by atoms with van der Waals surface area (Å²) in [4.78, 5) is 40.8. The van der Waals surface area contributed by atoms with E-state index in [9.17, 15) is 28.0 Å². The molecule has 0 saturated carbocycles. The molecule has 4 heterocycles. The highest BCUT2D eigenvalue weighted by Crippen LogP contribution is 2.34. The Balaban J connectivity index is 1.35. The van der Waals surface area contributed by atoms with Crippen LogP contribution in [0.4, 0.5) is 0 Å². The SMILES string of the molecule is CCCC(NC(=O)c1cc2ccccc2o1)C(=O)N1CCC2C1C(=O)CN2S(=O)(=O)c1cccc[n+]1[O-]. The fraction of sp³-hybridized carbons (Fsp3) is 0.360. The number of rotatable bonds is 7. The summed E-state index contributed by atoms with van der Waals surface area (Å²) in [5.74, 6) is -1.36. The molecule has 5 rings (SSSR count). The standard InChI is InChI=1S/C25H26N4O7S/c1-2-7-17(26-24(31)21-14-16-8-3-4-9-20(16)36-21)25(32)27-13-11-18-23(27)19(30)15-29(18)37(34,35)22-10-5-6-12-28(22)33/h3-6,8-10,12,14,17-18,23H,2,7,11,13,15H2,1H3,(H,26,31). The molecule has 3 atom stereocenters. The van der Waals surface area contributed by atoms with Gasteiger partial charge in [0.15, 0.2) is 17.7 Å². The molecule has 2 aliphatic heterocycles. The zero-order chi connectivity index (χ0) is 26.3. The van der Waals surface area contributed by atoms with Crippen LogP contribution in [0.3, 0.4) is 0 Å². The number of amides is 2. The van der Waals surface area contributed by atoms with Crippen molar-refractivity contribution >= 4 is 38.6 Å². The van der Waals surface area contributed by atoms with Gasteiger partial charge in [-0.25, -0.2) is 8.42 Å². The fourth-order valence-electron chi connectivity index (χ4n) is 5.14. The third-order valence-corrected chi connectivity index (χ3v) is 8.71. The number of aromatic nitrogens is 1. The molecule has 3 unspecified atom stereocenters. The number of para-hydroxylation sites is 1. The number of nitrogens with zero attached hydrogens (tertiary/aromatic N) is 3. The monoisotopic (exact) mass is 526 g/mol. The lowest BCUT2D eigenvalue weighted by molar-refractivity contribution is -0.646. The summed E-state index contributed by atoms with van der Waals surface area (Å²) in [5.41, 5.74) is 0.545. The number of nitrogens with one attached hydrogen (secondary N) is 1. The van der Waals surface area contributed by atoms with E-state index < -0.39 is 57.3 Å². The molecule has 2 amide bonds. The van der Waals surface area contributed by atoms with E-state index in [4.69, 9.17) is 4.42 Å². The van der Waals surface area contributed by atoms with E-state index in [2.05, 4.69) is 5.32 Å². The molecule has 2 fully saturated rings. The molecule has 0 radical (unpaired) electrons. The highest BCUT2D eigenvalue weighted by molar-refractivity contribution is 7.89. The number of benzene rings is 1. The third kappa shape index (κ3) is 4.36. The van der Waals surface area contributed by atoms with Crippen molar-refractivity contribution in [3.63, 3.8) is 0 Å². The molecular formula is C25H26N4O7S. The minimum absolute atomic E-state index is 0.0670. The smallest absolute Gasteiger partial charge is 0.323 e. The first-order valence-corrected chi connectivity index (χ1v) is 13.5. The van der Waals surface area contributed by atoms with E-state index in [0.29, 0.717) is 18.4 Å². The van der Waals surface area contributed by atoms with E-state index in [-0.39, 0.29) is 23.5 Å². The number of sulfonamides is 1. The molecule has 2 aliphatic rings. The van der Waals surface area contributed by atoms with Gasteiger partial charge in [0.2, 0.25) is 5.91 Å². The highest BCUT2D eigenvalue weighted by atomic mass is 32.2. The van der Waals surface area contributed by atoms with Crippen molar-refractivity contribution in [3.8, 4) is 0 Å². The summed E-state index contributed by atoms with van der Waals surface area (Å²) in [6.45, 7) is 1.59. The Morgan fingerprint density at radius 1 is 1.22 bits per heavy atom. The number of hydrogen-bond acceptors (Lipinski definition) is 7. The average molecular weight is 527 g/mol. The van der Waals surface area contributed by atoms with Crippen LogP contribution in [0.1, 0.15) is 36.7 Å². The third-order valence-electron chi connectivity index (χ3n) is 6.85. The van der Waals surface area contributed by atoms with Crippen LogP contribution < -0.4 is 10.0 Å². The van der Waals surface area contributed by atoms with E-state index in [1.165, 1.54) is 23.1 Å². The van der Waals surface area contributed by atoms with Crippen molar-refractivity contribution in [1.29, 1.82) is 0 Å². The minimum Gasteiger partial charge on any atom is -0.618 e. The van der Waals surface area contributed by atoms with Gasteiger partial charge in [0.05, 0.1) is 12.6 Å². The summed E-state index contributed by atoms with van der Waals surface area (Å²) < 4.78 is 33.3. The minimum atomic E-state index is -4.26. The molecule has 194 valence electrons. The predicted molar refractivity (Wildman–Crippen MR) is 131 cm³/mol. The van der Waals surface area contributed by atoms with Crippen LogP contribution in [0, 0.1) is 5.21 Å². The first-order chi connectivity index (χ1) is 17.7. The molecular weight excluding hydrogens is 500 g/mol. The quantitative estimate of drug-likeness (QED) is 0.360. The van der Waals surface area contributed by atoms with Crippen molar-refractivity contribution in [2.75, 3.05) is 13.1 Å². The van der Waals surface area contributed by atoms with Gasteiger partial charge in [-0.05, 0) is 31.0 Å². The van der Waals surface area contributed by atoms with Gasteiger partial charge in [0.25, 0.3) is 5.91 Å². The Morgan fingerprint density at radius 3 is 2.70 bits per heavy atom. The number of carbonyl (C=O) groups is 3. The first kappa shape index (κ1) is 24.9. The van der Waals surface area contributed by atoms with Crippen LogP contribution in [0.5, 0.6) is 0 Å². The Hall–Kier alpha value is -3.77. The fourth-order valence-corrected chi connectivity index (χ4v) is 6.80. The van der Waals surface area contributed by atoms with Crippen molar-refractivity contribution in [1.82, 2.24) is 14.5 Å². The number of pyridine rings is 1. The summed E-state index contributed by atoms with van der Waals surface area (Å²) in [6.07, 6.45) is 2.23. The van der Waals surface area contributed by atoms with E-state index in [1.54, 1.807) is 18.2 Å². The summed E-state index contributed by atoms with van der Waals surface area (Å²) >= 11 is 0. The Morgan fingerprint density at radius 2 is 1.97 bits per heavy atom. The maximum Gasteiger partial charge on any atom is 0.323 e. The van der Waals surface area contributed by atoms with E-state index in [0.717, 1.165) is 15.9 Å². The molecule has 0 bridgehead atoms. The lowest BCUT2D eigenvalue weighted by Crippen LogP contribution is -2.52. The molecule has 12 heteroatoms. The Kier molecular flexibility index (Phi) is 6.46. The second-order valence-electron chi connectivity index (χ2n) is 9.18. The number of furan rings is 1. The van der Waals surface area contributed by atoms with Crippen LogP contribution in [-0.2, 0) is 19.6 Å². The Bertz CT molecular complexity index is 1450. The van der Waals surface area contributed by atoms with E-state index >= 15 is 0 Å². The van der Waals surface area contributed by atoms with Crippen molar-refractivity contribution in [3.05, 3.63) is 65.7 Å². The van der Waals surface area contributed by atoms with Gasteiger partial charge < -0.3 is 19.8 Å². The number of Topliss-reactive ketones (excluding diaryl/α,β-unsaturated/α-hetero) is 1. The number of fused-ring (bicyclic) bond motifs is 2. The second-order valence-corrected chi connectivity index (χ2v) is 11.0. The molecule has 2 aromatic heterocycles. The molecule has 0 aliphatic carbocycles. The number of carbonyl (C=O) groups excluding carboxylic acids is 3. The zero-order valence-electron chi connectivity index (χ0n) is 20.1. The number of hydrogen-bond donors (Lipinski definition) is 1. The van der Waals surface area contributed by atoms with Gasteiger partial charge in [-0.15, -0.1) is 0 Å². The van der Waals surface area contributed by atoms with Crippen molar-refractivity contribution < 1.29 is 31.9 Å². The lowest BCUT2D eigenvalue weighted by atomic mass is 10.1. The van der Waals surface area contributed by atoms with Gasteiger partial charge in [0.1, 0.15) is 17.7 Å². The van der Waals surface area contributed by atoms with Crippen LogP contribution in [0.2, 0.25) is 0 Å². The first-order valence-electron chi connectivity index (χ1n) is 12.0. The van der Waals surface area contributed by atoms with Crippen molar-refractivity contribution in [2.24, 2.45) is 0 Å². The van der Waals surface area contributed by atoms with Crippen LogP contribution >= 0.6 is 0 Å². The van der Waals surface area contributed by atoms with Gasteiger partial charge >= 0.3 is 15.0 Å². The predicted octanol–water partition coefficient (Wildman–Crippen LogP) is 1.21. The van der Waals surface area contributed by atoms with Gasteiger partial charge in [-0.3, -0.25) is 14.4 Å². The molecule has 0 spiro atoms. The number of likely N-dealkylation sites (tertiary alicyclic amines) is 1. The zero-order valence-corrected chi connectivity index (χ0v) is 20.9. The molecule has 1 N–H and O–H groups in total. The molecule has 1 aromatic carbocycles. The summed E-state index contributed by atoms with van der Waals surface area (Å²) in [7, 11) is -4.26. The summed E-state index contributed by atoms with van der Waals surface area (Å²) in [5, 5.41) is 15.1. The molecule has 2 saturated heterocycles. The lowest BCUT2D eigenvalue weighted by Gasteiger charge is -2.28. The average Bonchev–Trinajstić information content (AvgIpc) is 3.58. The van der Waals surface area contributed by atoms with Gasteiger partial charge in [-0.1, -0.05) is 31.5 Å². The summed E-state index contributed by atoms with van der Waals surface area (Å²) in [6, 6.07) is 10.1. The molecule has 11 nitrogen and oxygen atoms in total. The second kappa shape index (κ2) is 9.60. The van der Waals surface area contributed by atoms with Crippen molar-refractivity contribution in [2.45, 2.75) is 49.3 Å². The normalized spacial score (nSPS) is 20.8. The maximum atomic E-state index is 13.5. The van der Waals surface area contributed by atoms with Gasteiger partial charge in [-0.2, -0.15) is 9.04 Å². The van der Waals surface area contributed by atoms with Crippen LogP contribution in [0.15, 0.2) is 64.2 Å². The van der Waals surface area contributed by atoms with Crippen LogP contribution in [-0.4, -0.2) is 66.4 Å². The molecule has 37 heavy (non-hydrogen) atoms. The van der Waals surface area contributed by atoms with Gasteiger partial charge in [0, 0.05) is 24.1 Å². The number of ketones is 1. The van der Waals surface area contributed by atoms with Crippen LogP contribution in [0.25, 0.3) is 11.0 Å². The highest BCUT2D eigenvalue weighted by Gasteiger charge is 2.55. The Labute approximate surface area is 213 Å². The molecule has 3 aromatic rings.